The molecule has 0 bridgehead atoms. The zero-order chi connectivity index (χ0) is 12.4. The quantitative estimate of drug-likeness (QED) is 0.343. The van der Waals surface area contributed by atoms with E-state index in [9.17, 15) is 15.3 Å². The molecule has 0 saturated heterocycles. The van der Waals surface area contributed by atoms with Gasteiger partial charge in [-0.15, -0.1) is 0 Å². The van der Waals surface area contributed by atoms with Crippen molar-refractivity contribution in [2.75, 3.05) is 0 Å². The van der Waals surface area contributed by atoms with Gasteiger partial charge < -0.3 is 5.21 Å². The molecule has 2 aromatic rings. The SMILES string of the molecule is Cc1cc(-c2ccc([N+](=O)[O-])cc2)cc[n+]1[O-]. The molecule has 0 aliphatic heterocycles. The van der Waals surface area contributed by atoms with Gasteiger partial charge in [0.05, 0.1) is 4.92 Å². The Morgan fingerprint density at radius 2 is 1.76 bits per heavy atom. The predicted molar refractivity (Wildman–Crippen MR) is 62.2 cm³/mol. The highest BCUT2D eigenvalue weighted by atomic mass is 16.6. The molecular formula is C12H10N2O3. The second-order valence-corrected chi connectivity index (χ2v) is 3.69. The second-order valence-electron chi connectivity index (χ2n) is 3.69. The average molecular weight is 230 g/mol. The Morgan fingerprint density at radius 3 is 2.29 bits per heavy atom. The topological polar surface area (TPSA) is 70.1 Å². The van der Waals surface area contributed by atoms with Gasteiger partial charge in [-0.3, -0.25) is 10.1 Å². The molecule has 1 aromatic carbocycles. The summed E-state index contributed by atoms with van der Waals surface area (Å²) in [6.45, 7) is 1.71. The monoisotopic (exact) mass is 230 g/mol. The summed E-state index contributed by atoms with van der Waals surface area (Å²) in [5, 5.41) is 21.7. The molecule has 0 N–H and O–H groups in total. The van der Waals surface area contributed by atoms with Crippen LogP contribution >= 0.6 is 0 Å². The van der Waals surface area contributed by atoms with Crippen molar-refractivity contribution in [2.24, 2.45) is 0 Å². The first-order valence-electron chi connectivity index (χ1n) is 5.02. The molecule has 1 aromatic heterocycles. The molecule has 5 nitrogen and oxygen atoms in total. The van der Waals surface area contributed by atoms with Gasteiger partial charge in [-0.05, 0) is 23.3 Å². The van der Waals surface area contributed by atoms with Gasteiger partial charge >= 0.3 is 0 Å². The van der Waals surface area contributed by atoms with Gasteiger partial charge in [0.2, 0.25) is 0 Å². The Kier molecular flexibility index (Phi) is 2.74. The van der Waals surface area contributed by atoms with E-state index in [0.29, 0.717) is 5.69 Å². The van der Waals surface area contributed by atoms with Crippen LogP contribution < -0.4 is 4.73 Å². The van der Waals surface area contributed by atoms with Crippen LogP contribution in [0.5, 0.6) is 0 Å². The normalized spacial score (nSPS) is 10.2. The molecule has 0 aliphatic carbocycles. The van der Waals surface area contributed by atoms with E-state index in [4.69, 9.17) is 0 Å². The zero-order valence-electron chi connectivity index (χ0n) is 9.16. The Morgan fingerprint density at radius 1 is 1.12 bits per heavy atom. The van der Waals surface area contributed by atoms with Crippen LogP contribution in [-0.2, 0) is 0 Å². The summed E-state index contributed by atoms with van der Waals surface area (Å²) in [7, 11) is 0. The number of nitrogens with zero attached hydrogens (tertiary/aromatic N) is 2. The number of rotatable bonds is 2. The minimum absolute atomic E-state index is 0.0558. The van der Waals surface area contributed by atoms with Crippen LogP contribution in [0.25, 0.3) is 11.1 Å². The van der Waals surface area contributed by atoms with E-state index < -0.39 is 4.92 Å². The van der Waals surface area contributed by atoms with E-state index in [-0.39, 0.29) is 5.69 Å². The lowest BCUT2D eigenvalue weighted by molar-refractivity contribution is -0.612. The molecule has 0 saturated carbocycles. The fourth-order valence-corrected chi connectivity index (χ4v) is 1.56. The summed E-state index contributed by atoms with van der Waals surface area (Å²) >= 11 is 0. The van der Waals surface area contributed by atoms with Crippen LogP contribution in [0, 0.1) is 22.2 Å². The number of nitro groups is 1. The first kappa shape index (κ1) is 11.1. The highest BCUT2D eigenvalue weighted by Gasteiger charge is 2.07. The third kappa shape index (κ3) is 2.23. The van der Waals surface area contributed by atoms with Gasteiger partial charge in [-0.1, -0.05) is 0 Å². The molecule has 86 valence electrons. The van der Waals surface area contributed by atoms with Crippen molar-refractivity contribution in [3.63, 3.8) is 0 Å². The van der Waals surface area contributed by atoms with E-state index in [1.165, 1.54) is 18.3 Å². The molecule has 1 heterocycles. The van der Waals surface area contributed by atoms with Gasteiger partial charge in [0.25, 0.3) is 5.69 Å². The third-order valence-electron chi connectivity index (χ3n) is 2.51. The Balaban J connectivity index is 2.39. The lowest BCUT2D eigenvalue weighted by Gasteiger charge is -2.04. The predicted octanol–water partition coefficient (Wildman–Crippen LogP) is 2.20. The summed E-state index contributed by atoms with van der Waals surface area (Å²) in [5.41, 5.74) is 2.35. The Hall–Kier alpha value is -2.43. The fraction of sp³-hybridized carbons (Fsp3) is 0.0833. The Labute approximate surface area is 97.7 Å². The third-order valence-corrected chi connectivity index (χ3v) is 2.51. The van der Waals surface area contributed by atoms with Crippen LogP contribution in [0.15, 0.2) is 42.6 Å². The molecule has 5 heteroatoms. The number of pyridine rings is 1. The van der Waals surface area contributed by atoms with Crippen LogP contribution in [-0.4, -0.2) is 4.92 Å². The fourth-order valence-electron chi connectivity index (χ4n) is 1.56. The van der Waals surface area contributed by atoms with Crippen LogP contribution in [0.2, 0.25) is 0 Å². The van der Waals surface area contributed by atoms with Gasteiger partial charge in [-0.2, -0.15) is 4.73 Å². The summed E-state index contributed by atoms with van der Waals surface area (Å²) < 4.78 is 0.773. The summed E-state index contributed by atoms with van der Waals surface area (Å²) in [6, 6.07) is 9.66. The molecular weight excluding hydrogens is 220 g/mol. The Bertz CT molecular complexity index is 564. The van der Waals surface area contributed by atoms with Crippen LogP contribution in [0.3, 0.4) is 0 Å². The van der Waals surface area contributed by atoms with Gasteiger partial charge in [0.1, 0.15) is 0 Å². The van der Waals surface area contributed by atoms with Gasteiger partial charge in [0.15, 0.2) is 11.9 Å². The molecule has 0 amide bonds. The molecule has 17 heavy (non-hydrogen) atoms. The second kappa shape index (κ2) is 4.21. The van der Waals surface area contributed by atoms with Crippen LogP contribution in [0.4, 0.5) is 5.69 Å². The maximum absolute atomic E-state index is 11.2. The van der Waals surface area contributed by atoms with E-state index in [1.807, 2.05) is 0 Å². The molecule has 0 radical (unpaired) electrons. The summed E-state index contributed by atoms with van der Waals surface area (Å²) in [6.07, 6.45) is 1.42. The van der Waals surface area contributed by atoms with Crippen molar-refractivity contribution >= 4 is 5.69 Å². The van der Waals surface area contributed by atoms with Crippen molar-refractivity contribution in [1.82, 2.24) is 0 Å². The molecule has 2 rings (SSSR count). The molecule has 0 aliphatic rings. The molecule has 0 unspecified atom stereocenters. The number of benzene rings is 1. The first-order chi connectivity index (χ1) is 8.08. The van der Waals surface area contributed by atoms with Gasteiger partial charge in [0, 0.05) is 31.2 Å². The van der Waals surface area contributed by atoms with Crippen molar-refractivity contribution in [3.05, 3.63) is 63.6 Å². The van der Waals surface area contributed by atoms with Crippen LogP contribution in [0.1, 0.15) is 5.69 Å². The average Bonchev–Trinajstić information content (AvgIpc) is 2.33. The van der Waals surface area contributed by atoms with Crippen molar-refractivity contribution in [2.45, 2.75) is 6.92 Å². The zero-order valence-corrected chi connectivity index (χ0v) is 9.16. The summed E-state index contributed by atoms with van der Waals surface area (Å²) in [4.78, 5) is 10.1. The van der Waals surface area contributed by atoms with Crippen molar-refractivity contribution in [3.8, 4) is 11.1 Å². The maximum atomic E-state index is 11.2. The van der Waals surface area contributed by atoms with Crippen molar-refractivity contribution < 1.29 is 9.65 Å². The lowest BCUT2D eigenvalue weighted by Crippen LogP contribution is -2.28. The highest BCUT2D eigenvalue weighted by Crippen LogP contribution is 2.21. The molecule has 0 spiro atoms. The van der Waals surface area contributed by atoms with E-state index in [2.05, 4.69) is 0 Å². The van der Waals surface area contributed by atoms with E-state index >= 15 is 0 Å². The number of hydrogen-bond donors (Lipinski definition) is 0. The van der Waals surface area contributed by atoms with Crippen molar-refractivity contribution in [1.29, 1.82) is 0 Å². The number of aromatic nitrogens is 1. The largest absolute Gasteiger partial charge is 0.619 e. The minimum Gasteiger partial charge on any atom is -0.619 e. The van der Waals surface area contributed by atoms with E-state index in [1.54, 1.807) is 31.2 Å². The minimum atomic E-state index is -0.439. The first-order valence-corrected chi connectivity index (χ1v) is 5.02. The smallest absolute Gasteiger partial charge is 0.269 e. The van der Waals surface area contributed by atoms with Gasteiger partial charge in [-0.25, -0.2) is 0 Å². The molecule has 0 fully saturated rings. The molecule has 0 atom stereocenters. The maximum Gasteiger partial charge on any atom is 0.269 e. The lowest BCUT2D eigenvalue weighted by atomic mass is 10.1. The number of nitro benzene ring substituents is 1. The standard InChI is InChI=1S/C12H10N2O3/c1-9-8-11(6-7-13(9)15)10-2-4-12(5-3-10)14(16)17/h2-8H,1H3. The number of non-ortho nitro benzene ring substituents is 1. The highest BCUT2D eigenvalue weighted by molar-refractivity contribution is 5.64. The number of aryl methyl sites for hydroxylation is 1. The van der Waals surface area contributed by atoms with E-state index in [0.717, 1.165) is 15.9 Å². The summed E-state index contributed by atoms with van der Waals surface area (Å²) in [5.74, 6) is 0. The number of hydrogen-bond acceptors (Lipinski definition) is 3.